The molecule has 0 atom stereocenters. The first-order chi connectivity index (χ1) is 19.1. The molecule has 4 aromatic rings. The molecule has 0 amide bonds. The van der Waals surface area contributed by atoms with Crippen molar-refractivity contribution in [2.45, 2.75) is 92.9 Å². The van der Waals surface area contributed by atoms with Gasteiger partial charge < -0.3 is 23.2 Å². The van der Waals surface area contributed by atoms with E-state index in [1.165, 1.54) is 30.7 Å². The Bertz CT molecular complexity index is 1490. The Balaban J connectivity index is 0.000000189. The molecular weight excluding hydrogens is 522 g/mol. The van der Waals surface area contributed by atoms with Gasteiger partial charge >= 0.3 is 0 Å². The lowest BCUT2D eigenvalue weighted by atomic mass is 9.71. The van der Waals surface area contributed by atoms with Gasteiger partial charge in [0.1, 0.15) is 22.8 Å². The summed E-state index contributed by atoms with van der Waals surface area (Å²) in [7, 11) is 2.15. The molecule has 7 nitrogen and oxygen atoms in total. The van der Waals surface area contributed by atoms with Crippen molar-refractivity contribution in [2.24, 2.45) is 10.8 Å². The van der Waals surface area contributed by atoms with Crippen molar-refractivity contribution in [3.8, 4) is 11.5 Å². The Morgan fingerprint density at radius 3 is 1.52 bits per heavy atom. The second-order valence-corrected chi connectivity index (χ2v) is 15.2. The Morgan fingerprint density at radius 1 is 0.738 bits per heavy atom. The summed E-state index contributed by atoms with van der Waals surface area (Å²) in [6.07, 6.45) is 12.0. The van der Waals surface area contributed by atoms with E-state index in [4.69, 9.17) is 9.47 Å². The third kappa shape index (κ3) is 6.94. The van der Waals surface area contributed by atoms with E-state index in [1.54, 1.807) is 0 Å². The molecule has 0 bridgehead atoms. The van der Waals surface area contributed by atoms with Crippen LogP contribution in [0.25, 0.3) is 11.3 Å². The zero-order valence-electron chi connectivity index (χ0n) is 26.6. The number of likely N-dealkylation sites (tertiary alicyclic amines) is 1. The third-order valence-electron chi connectivity index (χ3n) is 8.54. The molecule has 230 valence electrons. The van der Waals surface area contributed by atoms with Crippen LogP contribution in [0, 0.1) is 10.8 Å². The van der Waals surface area contributed by atoms with Gasteiger partial charge in [0.25, 0.3) is 0 Å². The van der Waals surface area contributed by atoms with Crippen LogP contribution >= 0.6 is 0 Å². The highest BCUT2D eigenvalue weighted by molar-refractivity contribution is 5.48. The standard InChI is InChI=1S/C17H25N3O.C17H24N2O.CH4/c1-16(2,3)14-9-18-15-8-13(6-7-20(14)15)21-12-17(4)10-19(5)11-17;1-16(2,3)14-11-18-15-10-13(6-9-19(14)15)20-12-17(4)7-5-8-17;/h6-9H,10-12H2,1-5H3;6,9-11H,5,7-8,12H2,1-4H3;1H4. The second-order valence-electron chi connectivity index (χ2n) is 15.2. The van der Waals surface area contributed by atoms with E-state index >= 15 is 0 Å². The first-order valence-corrected chi connectivity index (χ1v) is 15.0. The van der Waals surface area contributed by atoms with Crippen LogP contribution < -0.4 is 9.47 Å². The summed E-state index contributed by atoms with van der Waals surface area (Å²) in [5.74, 6) is 1.83. The van der Waals surface area contributed by atoms with Gasteiger partial charge in [-0.15, -0.1) is 0 Å². The summed E-state index contributed by atoms with van der Waals surface area (Å²) < 4.78 is 16.2. The van der Waals surface area contributed by atoms with Crippen LogP contribution in [0.4, 0.5) is 0 Å². The molecule has 1 saturated heterocycles. The van der Waals surface area contributed by atoms with E-state index < -0.39 is 0 Å². The summed E-state index contributed by atoms with van der Waals surface area (Å²) in [5, 5.41) is 0. The lowest BCUT2D eigenvalue weighted by Gasteiger charge is -2.45. The number of rotatable bonds is 6. The van der Waals surface area contributed by atoms with E-state index in [1.807, 2.05) is 36.7 Å². The number of hydrogen-bond donors (Lipinski definition) is 0. The van der Waals surface area contributed by atoms with Crippen LogP contribution in [0.2, 0.25) is 0 Å². The van der Waals surface area contributed by atoms with Crippen molar-refractivity contribution in [1.82, 2.24) is 23.7 Å². The Kier molecular flexibility index (Phi) is 8.77. The molecule has 1 saturated carbocycles. The minimum atomic E-state index is 0. The average molecular weight is 576 g/mol. The zero-order valence-corrected chi connectivity index (χ0v) is 26.6. The molecule has 2 aliphatic rings. The predicted octanol–water partition coefficient (Wildman–Crippen LogP) is 7.80. The zero-order chi connectivity index (χ0) is 29.6. The topological polar surface area (TPSA) is 56.3 Å². The number of nitrogens with zero attached hydrogens (tertiary/aromatic N) is 5. The van der Waals surface area contributed by atoms with Crippen LogP contribution in [0.3, 0.4) is 0 Å². The van der Waals surface area contributed by atoms with Gasteiger partial charge in [-0.25, -0.2) is 9.97 Å². The van der Waals surface area contributed by atoms with Gasteiger partial charge in [0.2, 0.25) is 0 Å². The number of hydrogen-bond acceptors (Lipinski definition) is 5. The molecule has 2 fully saturated rings. The number of aromatic nitrogens is 4. The summed E-state index contributed by atoms with van der Waals surface area (Å²) in [5.41, 5.74) is 5.22. The quantitative estimate of drug-likeness (QED) is 0.235. The highest BCUT2D eigenvalue weighted by atomic mass is 16.5. The Labute approximate surface area is 253 Å². The normalized spacial score (nSPS) is 17.9. The summed E-state index contributed by atoms with van der Waals surface area (Å²) in [6, 6.07) is 8.15. The molecule has 5 heterocycles. The highest BCUT2D eigenvalue weighted by Crippen LogP contribution is 2.40. The van der Waals surface area contributed by atoms with Crippen molar-refractivity contribution in [1.29, 1.82) is 0 Å². The van der Waals surface area contributed by atoms with Gasteiger partial charge in [-0.2, -0.15) is 0 Å². The van der Waals surface area contributed by atoms with Crippen molar-refractivity contribution >= 4 is 11.3 Å². The van der Waals surface area contributed by atoms with Crippen molar-refractivity contribution in [2.75, 3.05) is 33.4 Å². The SMILES string of the molecule is C.CC1(COc2ccn3c(C(C)(C)C)cnc3c2)CCC1.CN1CC(C)(COc2ccn3c(C(C)(C)C)cnc3c2)C1. The lowest BCUT2D eigenvalue weighted by Crippen LogP contribution is -2.55. The maximum absolute atomic E-state index is 5.98. The van der Waals surface area contributed by atoms with Gasteiger partial charge in [-0.05, 0) is 32.0 Å². The molecule has 1 aliphatic heterocycles. The summed E-state index contributed by atoms with van der Waals surface area (Å²) in [6.45, 7) is 21.6. The lowest BCUT2D eigenvalue weighted by molar-refractivity contribution is -0.00136. The molecule has 0 radical (unpaired) electrons. The Morgan fingerprint density at radius 2 is 1.17 bits per heavy atom. The highest BCUT2D eigenvalue weighted by Gasteiger charge is 2.37. The number of fused-ring (bicyclic) bond motifs is 2. The first kappa shape index (κ1) is 31.9. The molecule has 42 heavy (non-hydrogen) atoms. The number of imidazole rings is 2. The molecule has 6 rings (SSSR count). The fourth-order valence-corrected chi connectivity index (χ4v) is 6.00. The molecule has 0 spiro atoms. The van der Waals surface area contributed by atoms with Crippen LogP contribution in [-0.4, -0.2) is 57.0 Å². The number of pyridine rings is 2. The molecular formula is C35H53N5O2. The third-order valence-corrected chi connectivity index (χ3v) is 8.54. The summed E-state index contributed by atoms with van der Waals surface area (Å²) in [4.78, 5) is 11.3. The number of ether oxygens (including phenoxy) is 2. The molecule has 7 heteroatoms. The van der Waals surface area contributed by atoms with E-state index in [2.05, 4.69) is 98.5 Å². The van der Waals surface area contributed by atoms with Gasteiger partial charge in [0.15, 0.2) is 0 Å². The maximum Gasteiger partial charge on any atom is 0.140 e. The molecule has 0 aromatic carbocycles. The molecule has 1 aliphatic carbocycles. The van der Waals surface area contributed by atoms with Crippen LogP contribution in [0.15, 0.2) is 49.1 Å². The van der Waals surface area contributed by atoms with Crippen LogP contribution in [0.5, 0.6) is 11.5 Å². The van der Waals surface area contributed by atoms with Crippen LogP contribution in [-0.2, 0) is 10.8 Å². The van der Waals surface area contributed by atoms with E-state index in [0.717, 1.165) is 49.1 Å². The van der Waals surface area contributed by atoms with Crippen molar-refractivity contribution in [3.63, 3.8) is 0 Å². The van der Waals surface area contributed by atoms with E-state index in [0.29, 0.717) is 5.41 Å². The minimum absolute atomic E-state index is 0. The van der Waals surface area contributed by atoms with E-state index in [9.17, 15) is 0 Å². The molecule has 4 aromatic heterocycles. The maximum atomic E-state index is 5.98. The monoisotopic (exact) mass is 575 g/mol. The van der Waals surface area contributed by atoms with Crippen molar-refractivity contribution < 1.29 is 9.47 Å². The van der Waals surface area contributed by atoms with Crippen molar-refractivity contribution in [3.05, 3.63) is 60.4 Å². The predicted molar refractivity (Wildman–Crippen MR) is 173 cm³/mol. The fourth-order valence-electron chi connectivity index (χ4n) is 6.00. The molecule has 0 unspecified atom stereocenters. The van der Waals surface area contributed by atoms with Gasteiger partial charge in [-0.3, -0.25) is 0 Å². The fraction of sp³-hybridized carbons (Fsp3) is 0.600. The average Bonchev–Trinajstić information content (AvgIpc) is 3.48. The minimum Gasteiger partial charge on any atom is -0.493 e. The Hall–Kier alpha value is -3.06. The van der Waals surface area contributed by atoms with E-state index in [-0.39, 0.29) is 23.7 Å². The summed E-state index contributed by atoms with van der Waals surface area (Å²) >= 11 is 0. The van der Waals surface area contributed by atoms with Crippen LogP contribution in [0.1, 0.15) is 93.5 Å². The van der Waals surface area contributed by atoms with Gasteiger partial charge in [0.05, 0.1) is 13.2 Å². The van der Waals surface area contributed by atoms with Gasteiger partial charge in [0, 0.05) is 83.1 Å². The smallest absolute Gasteiger partial charge is 0.140 e. The van der Waals surface area contributed by atoms with Gasteiger partial charge in [-0.1, -0.05) is 69.2 Å². The first-order valence-electron chi connectivity index (χ1n) is 15.0. The molecule has 0 N–H and O–H groups in total. The second kappa shape index (κ2) is 11.6. The largest absolute Gasteiger partial charge is 0.493 e.